The summed E-state index contributed by atoms with van der Waals surface area (Å²) in [6.45, 7) is 0. The summed E-state index contributed by atoms with van der Waals surface area (Å²) in [5.74, 6) is 0.605. The Labute approximate surface area is 143 Å². The number of aromatic nitrogens is 2. The Morgan fingerprint density at radius 1 is 1.00 bits per heavy atom. The molecule has 0 aliphatic heterocycles. The van der Waals surface area contributed by atoms with Crippen molar-refractivity contribution in [3.8, 4) is 16.5 Å². The van der Waals surface area contributed by atoms with Crippen molar-refractivity contribution in [2.24, 2.45) is 0 Å². The fourth-order valence-electron chi connectivity index (χ4n) is 2.56. The number of nitrogens with zero attached hydrogens (tertiary/aromatic N) is 2. The standard InChI is InChI=1S/C20H13N3S/c21-13-15(20-22-17-8-4-5-9-18(17)23-20)12-16-10-11-19(24-16)14-6-2-1-3-7-14/h1-12H,(H,22,23)/b15-12+. The number of benzene rings is 2. The Bertz CT molecular complexity index is 1030. The number of imidazole rings is 1. The molecule has 0 saturated heterocycles. The van der Waals surface area contributed by atoms with Crippen molar-refractivity contribution in [3.05, 3.63) is 77.4 Å². The monoisotopic (exact) mass is 327 g/mol. The maximum atomic E-state index is 9.52. The molecule has 4 rings (SSSR count). The van der Waals surface area contributed by atoms with Gasteiger partial charge in [-0.1, -0.05) is 42.5 Å². The minimum absolute atomic E-state index is 0.535. The van der Waals surface area contributed by atoms with Crippen LogP contribution in [0.4, 0.5) is 0 Å². The van der Waals surface area contributed by atoms with Crippen LogP contribution in [-0.4, -0.2) is 9.97 Å². The van der Waals surface area contributed by atoms with Crippen LogP contribution in [0.3, 0.4) is 0 Å². The van der Waals surface area contributed by atoms with Crippen molar-refractivity contribution in [2.75, 3.05) is 0 Å². The molecular weight excluding hydrogens is 314 g/mol. The second kappa shape index (κ2) is 6.15. The van der Waals surface area contributed by atoms with Crippen LogP contribution in [0.1, 0.15) is 10.7 Å². The van der Waals surface area contributed by atoms with Crippen LogP contribution in [0.2, 0.25) is 0 Å². The normalized spacial score (nSPS) is 11.5. The van der Waals surface area contributed by atoms with E-state index in [0.29, 0.717) is 11.4 Å². The molecule has 0 spiro atoms. The molecule has 0 amide bonds. The van der Waals surface area contributed by atoms with Gasteiger partial charge < -0.3 is 4.98 Å². The zero-order chi connectivity index (χ0) is 16.4. The second-order valence-electron chi connectivity index (χ2n) is 5.34. The number of H-pyrrole nitrogens is 1. The summed E-state index contributed by atoms with van der Waals surface area (Å²) in [7, 11) is 0. The number of para-hydroxylation sites is 2. The average Bonchev–Trinajstić information content (AvgIpc) is 3.27. The molecule has 2 aromatic carbocycles. The summed E-state index contributed by atoms with van der Waals surface area (Å²) in [5, 5.41) is 9.52. The lowest BCUT2D eigenvalue weighted by molar-refractivity contribution is 1.27. The predicted octanol–water partition coefficient (Wildman–Crippen LogP) is 5.36. The molecule has 0 unspecified atom stereocenters. The van der Waals surface area contributed by atoms with Gasteiger partial charge in [0.15, 0.2) is 0 Å². The molecule has 0 aliphatic carbocycles. The fourth-order valence-corrected chi connectivity index (χ4v) is 3.52. The third-order valence-corrected chi connectivity index (χ3v) is 4.82. The van der Waals surface area contributed by atoms with Crippen LogP contribution in [0.5, 0.6) is 0 Å². The largest absolute Gasteiger partial charge is 0.337 e. The lowest BCUT2D eigenvalue weighted by atomic mass is 10.2. The molecule has 0 saturated carbocycles. The van der Waals surface area contributed by atoms with E-state index >= 15 is 0 Å². The van der Waals surface area contributed by atoms with Gasteiger partial charge in [0.2, 0.25) is 0 Å². The molecule has 4 aromatic rings. The van der Waals surface area contributed by atoms with Crippen molar-refractivity contribution in [1.29, 1.82) is 5.26 Å². The van der Waals surface area contributed by atoms with E-state index in [1.165, 1.54) is 10.4 Å². The highest BCUT2D eigenvalue weighted by Crippen LogP contribution is 2.30. The molecule has 0 bridgehead atoms. The van der Waals surface area contributed by atoms with Gasteiger partial charge in [-0.2, -0.15) is 5.26 Å². The minimum Gasteiger partial charge on any atom is -0.337 e. The van der Waals surface area contributed by atoms with E-state index in [1.54, 1.807) is 11.3 Å². The van der Waals surface area contributed by atoms with Crippen LogP contribution in [-0.2, 0) is 0 Å². The summed E-state index contributed by atoms with van der Waals surface area (Å²) in [5.41, 5.74) is 3.52. The Kier molecular flexibility index (Phi) is 3.70. The summed E-state index contributed by atoms with van der Waals surface area (Å²) < 4.78 is 0. The summed E-state index contributed by atoms with van der Waals surface area (Å²) in [4.78, 5) is 9.93. The van der Waals surface area contributed by atoms with Crippen LogP contribution < -0.4 is 0 Å². The molecule has 1 N–H and O–H groups in total. The van der Waals surface area contributed by atoms with Gasteiger partial charge in [0, 0.05) is 9.75 Å². The third kappa shape index (κ3) is 2.73. The van der Waals surface area contributed by atoms with E-state index in [2.05, 4.69) is 34.2 Å². The first-order chi connectivity index (χ1) is 11.8. The number of aromatic amines is 1. The Balaban J connectivity index is 1.71. The molecule has 24 heavy (non-hydrogen) atoms. The van der Waals surface area contributed by atoms with Crippen molar-refractivity contribution in [3.63, 3.8) is 0 Å². The molecule has 0 radical (unpaired) electrons. The van der Waals surface area contributed by atoms with Crippen molar-refractivity contribution >= 4 is 34.0 Å². The molecular formula is C20H13N3S. The van der Waals surface area contributed by atoms with Crippen LogP contribution in [0, 0.1) is 11.3 Å². The molecule has 0 atom stereocenters. The molecule has 3 nitrogen and oxygen atoms in total. The van der Waals surface area contributed by atoms with Crippen LogP contribution >= 0.6 is 11.3 Å². The SMILES string of the molecule is N#C/C(=C\c1ccc(-c2ccccc2)s1)c1nc2ccccc2[nH]1. The van der Waals surface area contributed by atoms with Crippen molar-refractivity contribution < 1.29 is 0 Å². The number of allylic oxidation sites excluding steroid dienone is 1. The predicted molar refractivity (Wildman–Crippen MR) is 99.3 cm³/mol. The number of rotatable bonds is 3. The number of nitriles is 1. The van der Waals surface area contributed by atoms with E-state index in [9.17, 15) is 5.26 Å². The quantitative estimate of drug-likeness (QED) is 0.515. The highest BCUT2D eigenvalue weighted by atomic mass is 32.1. The molecule has 0 fully saturated rings. The van der Waals surface area contributed by atoms with E-state index < -0.39 is 0 Å². The first-order valence-electron chi connectivity index (χ1n) is 7.56. The Morgan fingerprint density at radius 2 is 1.79 bits per heavy atom. The third-order valence-electron chi connectivity index (χ3n) is 3.74. The molecule has 4 heteroatoms. The lowest BCUT2D eigenvalue weighted by Crippen LogP contribution is -1.83. The first-order valence-corrected chi connectivity index (χ1v) is 8.37. The number of hydrogen-bond donors (Lipinski definition) is 1. The van der Waals surface area contributed by atoms with Crippen LogP contribution in [0.15, 0.2) is 66.7 Å². The van der Waals surface area contributed by atoms with E-state index in [1.807, 2.05) is 54.6 Å². The van der Waals surface area contributed by atoms with E-state index in [4.69, 9.17) is 0 Å². The second-order valence-corrected chi connectivity index (χ2v) is 6.46. The summed E-state index contributed by atoms with van der Waals surface area (Å²) in [6.07, 6.45) is 1.88. The minimum atomic E-state index is 0.535. The van der Waals surface area contributed by atoms with Gasteiger partial charge in [0.25, 0.3) is 0 Å². The average molecular weight is 327 g/mol. The summed E-state index contributed by atoms with van der Waals surface area (Å²) >= 11 is 1.66. The van der Waals surface area contributed by atoms with Crippen LogP contribution in [0.25, 0.3) is 33.1 Å². The number of fused-ring (bicyclic) bond motifs is 1. The zero-order valence-electron chi connectivity index (χ0n) is 12.7. The van der Waals surface area contributed by atoms with Gasteiger partial charge in [-0.3, -0.25) is 0 Å². The number of thiophene rings is 1. The van der Waals surface area contributed by atoms with Gasteiger partial charge in [-0.15, -0.1) is 11.3 Å². The molecule has 114 valence electrons. The highest BCUT2D eigenvalue weighted by molar-refractivity contribution is 7.16. The van der Waals surface area contributed by atoms with Crippen molar-refractivity contribution in [2.45, 2.75) is 0 Å². The van der Waals surface area contributed by atoms with Gasteiger partial charge in [-0.05, 0) is 35.9 Å². The lowest BCUT2D eigenvalue weighted by Gasteiger charge is -1.95. The fraction of sp³-hybridized carbons (Fsp3) is 0. The maximum absolute atomic E-state index is 9.52. The Hall–Kier alpha value is -3.16. The van der Waals surface area contributed by atoms with Gasteiger partial charge in [0.1, 0.15) is 11.9 Å². The van der Waals surface area contributed by atoms with Gasteiger partial charge >= 0.3 is 0 Å². The number of hydrogen-bond acceptors (Lipinski definition) is 3. The smallest absolute Gasteiger partial charge is 0.149 e. The van der Waals surface area contributed by atoms with Gasteiger partial charge in [-0.25, -0.2) is 4.98 Å². The molecule has 0 aliphatic rings. The highest BCUT2D eigenvalue weighted by Gasteiger charge is 2.09. The topological polar surface area (TPSA) is 52.5 Å². The first kappa shape index (κ1) is 14.4. The molecule has 2 aromatic heterocycles. The zero-order valence-corrected chi connectivity index (χ0v) is 13.5. The van der Waals surface area contributed by atoms with E-state index in [-0.39, 0.29) is 0 Å². The van der Waals surface area contributed by atoms with Crippen molar-refractivity contribution in [1.82, 2.24) is 9.97 Å². The summed E-state index contributed by atoms with van der Waals surface area (Å²) in [6, 6.07) is 24.4. The molecule has 2 heterocycles. The van der Waals surface area contributed by atoms with E-state index in [0.717, 1.165) is 15.9 Å². The maximum Gasteiger partial charge on any atom is 0.149 e. The number of nitrogens with one attached hydrogen (secondary N) is 1. The van der Waals surface area contributed by atoms with Gasteiger partial charge in [0.05, 0.1) is 16.6 Å². The Morgan fingerprint density at radius 3 is 2.58 bits per heavy atom.